The molecule has 0 aliphatic heterocycles. The maximum atomic E-state index is 12.2. The van der Waals surface area contributed by atoms with Gasteiger partial charge in [-0.05, 0) is 24.3 Å². The molecule has 112 valence electrons. The van der Waals surface area contributed by atoms with Crippen LogP contribution in [0.15, 0.2) is 24.3 Å². The number of carboxylic acids is 1. The van der Waals surface area contributed by atoms with Crippen molar-refractivity contribution in [1.82, 2.24) is 4.31 Å². The van der Waals surface area contributed by atoms with Gasteiger partial charge in [0.25, 0.3) is 0 Å². The lowest BCUT2D eigenvalue weighted by Gasteiger charge is -2.25. The van der Waals surface area contributed by atoms with Crippen molar-refractivity contribution in [3.05, 3.63) is 24.3 Å². The quantitative estimate of drug-likeness (QED) is 0.804. The van der Waals surface area contributed by atoms with Gasteiger partial charge in [-0.2, -0.15) is 12.7 Å². The first-order chi connectivity index (χ1) is 9.28. The zero-order chi connectivity index (χ0) is 15.3. The third-order valence-electron chi connectivity index (χ3n) is 2.82. The van der Waals surface area contributed by atoms with Gasteiger partial charge in [0.1, 0.15) is 5.75 Å². The lowest BCUT2D eigenvalue weighted by Crippen LogP contribution is -2.40. The zero-order valence-corrected chi connectivity index (χ0v) is 12.4. The second-order valence-electron chi connectivity index (χ2n) is 4.14. The van der Waals surface area contributed by atoms with Crippen LogP contribution >= 0.6 is 0 Å². The topological polar surface area (TPSA) is 87.2 Å². The van der Waals surface area contributed by atoms with E-state index in [2.05, 4.69) is 0 Å². The third-order valence-corrected chi connectivity index (χ3v) is 4.69. The van der Waals surface area contributed by atoms with Gasteiger partial charge in [-0.1, -0.05) is 0 Å². The van der Waals surface area contributed by atoms with E-state index in [-0.39, 0.29) is 13.0 Å². The molecule has 0 radical (unpaired) electrons. The highest BCUT2D eigenvalue weighted by atomic mass is 32.2. The number of nitrogens with zero attached hydrogens (tertiary/aromatic N) is 2. The van der Waals surface area contributed by atoms with E-state index in [1.54, 1.807) is 24.3 Å². The number of carbonyl (C=O) groups is 1. The molecule has 0 fully saturated rings. The first-order valence-corrected chi connectivity index (χ1v) is 7.24. The summed E-state index contributed by atoms with van der Waals surface area (Å²) in [6.45, 7) is -0.0852. The highest BCUT2D eigenvalue weighted by molar-refractivity contribution is 7.90. The summed E-state index contributed by atoms with van der Waals surface area (Å²) < 4.78 is 31.6. The number of rotatable bonds is 7. The average Bonchev–Trinajstić information content (AvgIpc) is 2.43. The standard InChI is InChI=1S/C12H18N2O5S/c1-13(9-8-12(15)16)20(17,18)14(2)10-4-6-11(19-3)7-5-10/h4-7H,8-9H2,1-3H3,(H,15,16). The Morgan fingerprint density at radius 1 is 1.25 bits per heavy atom. The summed E-state index contributed by atoms with van der Waals surface area (Å²) in [5.41, 5.74) is 0.466. The Balaban J connectivity index is 2.87. The number of aliphatic carboxylic acids is 1. The summed E-state index contributed by atoms with van der Waals surface area (Å²) in [6.07, 6.45) is -0.244. The van der Waals surface area contributed by atoms with Crippen LogP contribution in [0.2, 0.25) is 0 Å². The monoisotopic (exact) mass is 302 g/mol. The van der Waals surface area contributed by atoms with Crippen LogP contribution in [0.3, 0.4) is 0 Å². The Hall–Kier alpha value is -1.80. The summed E-state index contributed by atoms with van der Waals surface area (Å²) in [7, 11) is 0.535. The van der Waals surface area contributed by atoms with Crippen LogP contribution in [0.5, 0.6) is 5.75 Å². The van der Waals surface area contributed by atoms with E-state index in [9.17, 15) is 13.2 Å². The molecule has 1 N–H and O–H groups in total. The molecule has 1 rings (SSSR count). The second-order valence-corrected chi connectivity index (χ2v) is 6.21. The van der Waals surface area contributed by atoms with Gasteiger partial charge in [0.05, 0.1) is 19.2 Å². The molecular formula is C12H18N2O5S. The normalized spacial score (nSPS) is 11.4. The fourth-order valence-electron chi connectivity index (χ4n) is 1.50. The molecule has 1 aromatic carbocycles. The van der Waals surface area contributed by atoms with Crippen LogP contribution < -0.4 is 9.04 Å². The van der Waals surface area contributed by atoms with Crippen molar-refractivity contribution in [2.45, 2.75) is 6.42 Å². The van der Waals surface area contributed by atoms with Gasteiger partial charge in [0, 0.05) is 20.6 Å². The lowest BCUT2D eigenvalue weighted by atomic mass is 10.3. The minimum Gasteiger partial charge on any atom is -0.497 e. The number of hydrogen-bond donors (Lipinski definition) is 1. The predicted molar refractivity (Wildman–Crippen MR) is 75.2 cm³/mol. The number of methoxy groups -OCH3 is 1. The maximum Gasteiger partial charge on any atom is 0.304 e. The van der Waals surface area contributed by atoms with Crippen LogP contribution in [0.1, 0.15) is 6.42 Å². The number of benzene rings is 1. The van der Waals surface area contributed by atoms with Crippen molar-refractivity contribution in [2.75, 3.05) is 32.1 Å². The summed E-state index contributed by atoms with van der Waals surface area (Å²) in [4.78, 5) is 10.5. The molecule has 0 saturated heterocycles. The molecule has 0 aliphatic rings. The highest BCUT2D eigenvalue weighted by Crippen LogP contribution is 2.21. The summed E-state index contributed by atoms with van der Waals surface area (Å²) in [5.74, 6) is -0.419. The summed E-state index contributed by atoms with van der Waals surface area (Å²) >= 11 is 0. The molecule has 0 saturated carbocycles. The first kappa shape index (κ1) is 16.3. The van der Waals surface area contributed by atoms with Gasteiger partial charge < -0.3 is 9.84 Å². The van der Waals surface area contributed by atoms with Gasteiger partial charge in [0.15, 0.2) is 0 Å². The van der Waals surface area contributed by atoms with Crippen molar-refractivity contribution in [3.8, 4) is 5.75 Å². The number of hydrogen-bond acceptors (Lipinski definition) is 4. The molecule has 0 spiro atoms. The van der Waals surface area contributed by atoms with E-state index in [0.29, 0.717) is 11.4 Å². The zero-order valence-electron chi connectivity index (χ0n) is 11.6. The molecule has 0 unspecified atom stereocenters. The molecule has 20 heavy (non-hydrogen) atoms. The molecule has 0 aromatic heterocycles. The molecule has 0 amide bonds. The lowest BCUT2D eigenvalue weighted by molar-refractivity contribution is -0.137. The molecule has 1 aromatic rings. The minimum atomic E-state index is -3.74. The van der Waals surface area contributed by atoms with Crippen molar-refractivity contribution in [3.63, 3.8) is 0 Å². The molecule has 0 atom stereocenters. The van der Waals surface area contributed by atoms with Crippen LogP contribution in [0, 0.1) is 0 Å². The Morgan fingerprint density at radius 2 is 1.80 bits per heavy atom. The predicted octanol–water partition coefficient (Wildman–Crippen LogP) is 0.783. The van der Waals surface area contributed by atoms with E-state index >= 15 is 0 Å². The molecule has 0 heterocycles. The third kappa shape index (κ3) is 3.84. The van der Waals surface area contributed by atoms with Crippen LogP contribution in [-0.2, 0) is 15.0 Å². The largest absolute Gasteiger partial charge is 0.497 e. The van der Waals surface area contributed by atoms with Crippen LogP contribution in [0.4, 0.5) is 5.69 Å². The summed E-state index contributed by atoms with van der Waals surface area (Å²) in [5, 5.41) is 8.59. The Morgan fingerprint density at radius 3 is 2.25 bits per heavy atom. The molecule has 0 bridgehead atoms. The van der Waals surface area contributed by atoms with Gasteiger partial charge in [-0.25, -0.2) is 0 Å². The van der Waals surface area contributed by atoms with E-state index in [0.717, 1.165) is 8.61 Å². The second kappa shape index (κ2) is 6.58. The fraction of sp³-hybridized carbons (Fsp3) is 0.417. The van der Waals surface area contributed by atoms with Gasteiger partial charge in [-0.15, -0.1) is 0 Å². The van der Waals surface area contributed by atoms with E-state index in [4.69, 9.17) is 9.84 Å². The Bertz CT molecular complexity index is 556. The van der Waals surface area contributed by atoms with Crippen molar-refractivity contribution >= 4 is 21.9 Å². The van der Waals surface area contributed by atoms with Crippen molar-refractivity contribution in [1.29, 1.82) is 0 Å². The van der Waals surface area contributed by atoms with E-state index < -0.39 is 16.2 Å². The van der Waals surface area contributed by atoms with Crippen LogP contribution in [-0.4, -0.2) is 51.5 Å². The SMILES string of the molecule is COc1ccc(N(C)S(=O)(=O)N(C)CCC(=O)O)cc1. The first-order valence-electron chi connectivity index (χ1n) is 5.85. The number of ether oxygens (including phenoxy) is 1. The molecular weight excluding hydrogens is 284 g/mol. The Labute approximate surface area is 118 Å². The van der Waals surface area contributed by atoms with Crippen molar-refractivity contribution < 1.29 is 23.1 Å². The molecule has 8 heteroatoms. The minimum absolute atomic E-state index is 0.0852. The highest BCUT2D eigenvalue weighted by Gasteiger charge is 2.24. The molecule has 7 nitrogen and oxygen atoms in total. The van der Waals surface area contributed by atoms with E-state index in [1.807, 2.05) is 0 Å². The van der Waals surface area contributed by atoms with Crippen molar-refractivity contribution in [2.24, 2.45) is 0 Å². The van der Waals surface area contributed by atoms with Crippen LogP contribution in [0.25, 0.3) is 0 Å². The average molecular weight is 302 g/mol. The molecule has 0 aliphatic carbocycles. The Kier molecular flexibility index (Phi) is 5.34. The summed E-state index contributed by atoms with van der Waals surface area (Å²) in [6, 6.07) is 6.53. The smallest absolute Gasteiger partial charge is 0.304 e. The number of carboxylic acid groups (broad SMARTS) is 1. The van der Waals surface area contributed by atoms with E-state index in [1.165, 1.54) is 21.2 Å². The van der Waals surface area contributed by atoms with Gasteiger partial charge in [0.2, 0.25) is 0 Å². The number of anilines is 1. The maximum absolute atomic E-state index is 12.2. The fourth-order valence-corrected chi connectivity index (χ4v) is 2.63. The van der Waals surface area contributed by atoms with Gasteiger partial charge in [-0.3, -0.25) is 9.10 Å². The van der Waals surface area contributed by atoms with Gasteiger partial charge >= 0.3 is 16.2 Å².